The number of carbonyl (C=O) groups is 1. The van der Waals surface area contributed by atoms with E-state index < -0.39 is 11.6 Å². The summed E-state index contributed by atoms with van der Waals surface area (Å²) in [7, 11) is 0. The maximum Gasteiger partial charge on any atom is 0.351 e. The van der Waals surface area contributed by atoms with Crippen LogP contribution in [0.2, 0.25) is 0 Å². The second-order valence-corrected chi connectivity index (χ2v) is 8.14. The highest BCUT2D eigenvalue weighted by atomic mass is 16.5. The van der Waals surface area contributed by atoms with Crippen molar-refractivity contribution >= 4 is 5.97 Å². The van der Waals surface area contributed by atoms with Gasteiger partial charge in [-0.05, 0) is 70.4 Å². The molecule has 7 heteroatoms. The summed E-state index contributed by atoms with van der Waals surface area (Å²) in [6, 6.07) is 11.5. The molecular weight excluding hydrogens is 382 g/mol. The van der Waals surface area contributed by atoms with E-state index in [0.717, 1.165) is 27.9 Å². The minimum absolute atomic E-state index is 0.209. The smallest absolute Gasteiger partial charge is 0.351 e. The van der Waals surface area contributed by atoms with Crippen molar-refractivity contribution in [3.63, 3.8) is 0 Å². The molecule has 2 aromatic carbocycles. The highest BCUT2D eigenvalue weighted by molar-refractivity contribution is 5.77. The van der Waals surface area contributed by atoms with Crippen molar-refractivity contribution in [2.45, 2.75) is 53.7 Å². The normalized spacial score (nSPS) is 11.5. The van der Waals surface area contributed by atoms with Crippen molar-refractivity contribution in [3.8, 4) is 11.4 Å². The molecular formula is C23H27N3O4. The Morgan fingerprint density at radius 3 is 2.17 bits per heavy atom. The van der Waals surface area contributed by atoms with Crippen LogP contribution in [0.25, 0.3) is 5.69 Å². The Kier molecular flexibility index (Phi) is 5.57. The van der Waals surface area contributed by atoms with E-state index in [1.807, 2.05) is 57.2 Å². The standard InChI is InChI=1S/C23H27N3O4/c1-14-7-9-19(10-8-14)26-22(29)25(17(4)24-26)13-18-11-15(2)20(16(3)12-18)30-23(5,6)21(27)28/h7-12H,13H2,1-6H3,(H,27,28). The molecule has 7 nitrogen and oxygen atoms in total. The molecule has 0 atom stereocenters. The first-order valence-corrected chi connectivity index (χ1v) is 9.75. The number of nitrogens with zero attached hydrogens (tertiary/aromatic N) is 3. The van der Waals surface area contributed by atoms with Crippen molar-refractivity contribution in [3.05, 3.63) is 75.0 Å². The maximum absolute atomic E-state index is 13.0. The zero-order valence-electron chi connectivity index (χ0n) is 18.2. The fourth-order valence-electron chi connectivity index (χ4n) is 3.30. The molecule has 0 saturated carbocycles. The van der Waals surface area contributed by atoms with Crippen LogP contribution >= 0.6 is 0 Å². The van der Waals surface area contributed by atoms with Gasteiger partial charge in [0, 0.05) is 0 Å². The van der Waals surface area contributed by atoms with Crippen molar-refractivity contribution in [1.82, 2.24) is 14.3 Å². The first kappa shape index (κ1) is 21.4. The molecule has 1 aromatic heterocycles. The maximum atomic E-state index is 13.0. The van der Waals surface area contributed by atoms with E-state index in [2.05, 4.69) is 5.10 Å². The highest BCUT2D eigenvalue weighted by Crippen LogP contribution is 2.29. The van der Waals surface area contributed by atoms with Gasteiger partial charge in [0.05, 0.1) is 12.2 Å². The van der Waals surface area contributed by atoms with E-state index in [9.17, 15) is 14.7 Å². The van der Waals surface area contributed by atoms with E-state index in [0.29, 0.717) is 18.1 Å². The van der Waals surface area contributed by atoms with Gasteiger partial charge in [-0.1, -0.05) is 29.8 Å². The third kappa shape index (κ3) is 4.15. The minimum atomic E-state index is -1.33. The Balaban J connectivity index is 1.93. The summed E-state index contributed by atoms with van der Waals surface area (Å²) in [5.74, 6) is 0.130. The second-order valence-electron chi connectivity index (χ2n) is 8.14. The van der Waals surface area contributed by atoms with Gasteiger partial charge in [0.1, 0.15) is 11.6 Å². The molecule has 0 aliphatic carbocycles. The SMILES string of the molecule is Cc1ccc(-n2nc(C)n(Cc3cc(C)c(OC(C)(C)C(=O)O)c(C)c3)c2=O)cc1. The van der Waals surface area contributed by atoms with Crippen LogP contribution < -0.4 is 10.4 Å². The predicted molar refractivity (Wildman–Crippen MR) is 115 cm³/mol. The van der Waals surface area contributed by atoms with Crippen LogP contribution in [0.5, 0.6) is 5.75 Å². The summed E-state index contributed by atoms with van der Waals surface area (Å²) in [4.78, 5) is 24.3. The van der Waals surface area contributed by atoms with Crippen molar-refractivity contribution in [2.75, 3.05) is 0 Å². The predicted octanol–water partition coefficient (Wildman–Crippen LogP) is 3.56. The van der Waals surface area contributed by atoms with Gasteiger partial charge in [-0.25, -0.2) is 9.59 Å². The second kappa shape index (κ2) is 7.82. The largest absolute Gasteiger partial charge is 0.478 e. The summed E-state index contributed by atoms with van der Waals surface area (Å²) in [6.45, 7) is 10.9. The molecule has 0 saturated heterocycles. The lowest BCUT2D eigenvalue weighted by Gasteiger charge is -2.24. The van der Waals surface area contributed by atoms with Gasteiger partial charge in [-0.2, -0.15) is 9.78 Å². The van der Waals surface area contributed by atoms with Crippen LogP contribution in [0.15, 0.2) is 41.2 Å². The summed E-state index contributed by atoms with van der Waals surface area (Å²) in [6.07, 6.45) is 0. The van der Waals surface area contributed by atoms with E-state index in [1.54, 1.807) is 11.5 Å². The molecule has 158 valence electrons. The zero-order valence-corrected chi connectivity index (χ0v) is 18.2. The Labute approximate surface area is 175 Å². The van der Waals surface area contributed by atoms with Crippen LogP contribution in [0.3, 0.4) is 0 Å². The van der Waals surface area contributed by atoms with E-state index in [1.165, 1.54) is 18.5 Å². The molecule has 0 unspecified atom stereocenters. The Bertz CT molecular complexity index is 1130. The van der Waals surface area contributed by atoms with Crippen molar-refractivity contribution < 1.29 is 14.6 Å². The lowest BCUT2D eigenvalue weighted by Crippen LogP contribution is -2.38. The van der Waals surface area contributed by atoms with Crippen LogP contribution in [0.1, 0.15) is 41.9 Å². The van der Waals surface area contributed by atoms with Gasteiger partial charge in [0.25, 0.3) is 0 Å². The monoisotopic (exact) mass is 409 g/mol. The Morgan fingerprint density at radius 2 is 1.63 bits per heavy atom. The average molecular weight is 409 g/mol. The van der Waals surface area contributed by atoms with Gasteiger partial charge in [0.15, 0.2) is 5.60 Å². The topological polar surface area (TPSA) is 86.3 Å². The summed E-state index contributed by atoms with van der Waals surface area (Å²) < 4.78 is 8.79. The minimum Gasteiger partial charge on any atom is -0.478 e. The lowest BCUT2D eigenvalue weighted by atomic mass is 10.0. The van der Waals surface area contributed by atoms with Gasteiger partial charge >= 0.3 is 11.7 Å². The molecule has 0 spiro atoms. The number of hydrogen-bond acceptors (Lipinski definition) is 4. The van der Waals surface area contributed by atoms with Crippen molar-refractivity contribution in [2.24, 2.45) is 0 Å². The van der Waals surface area contributed by atoms with E-state index >= 15 is 0 Å². The average Bonchev–Trinajstić information content (AvgIpc) is 2.93. The molecule has 0 radical (unpaired) electrons. The number of carboxylic acid groups (broad SMARTS) is 1. The number of aromatic nitrogens is 3. The van der Waals surface area contributed by atoms with Gasteiger partial charge in [-0.3, -0.25) is 4.57 Å². The summed E-state index contributed by atoms with van der Waals surface area (Å²) >= 11 is 0. The summed E-state index contributed by atoms with van der Waals surface area (Å²) in [5, 5.41) is 13.7. The highest BCUT2D eigenvalue weighted by Gasteiger charge is 2.30. The number of carboxylic acids is 1. The summed E-state index contributed by atoms with van der Waals surface area (Å²) in [5.41, 5.74) is 2.84. The molecule has 0 amide bonds. The number of benzene rings is 2. The lowest BCUT2D eigenvalue weighted by molar-refractivity contribution is -0.152. The molecule has 1 N–H and O–H groups in total. The van der Waals surface area contributed by atoms with Gasteiger partial charge in [0.2, 0.25) is 0 Å². The van der Waals surface area contributed by atoms with E-state index in [-0.39, 0.29) is 5.69 Å². The molecule has 0 aliphatic rings. The molecule has 0 bridgehead atoms. The zero-order chi connectivity index (χ0) is 22.2. The molecule has 30 heavy (non-hydrogen) atoms. The first-order chi connectivity index (χ1) is 14.0. The van der Waals surface area contributed by atoms with Gasteiger partial charge < -0.3 is 9.84 Å². The number of rotatable bonds is 6. The number of ether oxygens (including phenoxy) is 1. The molecule has 3 aromatic rings. The van der Waals surface area contributed by atoms with Crippen LogP contribution in [-0.4, -0.2) is 31.0 Å². The third-order valence-corrected chi connectivity index (χ3v) is 5.06. The van der Waals surface area contributed by atoms with Crippen molar-refractivity contribution in [1.29, 1.82) is 0 Å². The van der Waals surface area contributed by atoms with Crippen LogP contribution in [0, 0.1) is 27.7 Å². The first-order valence-electron chi connectivity index (χ1n) is 9.75. The molecule has 0 fully saturated rings. The quantitative estimate of drug-likeness (QED) is 0.673. The van der Waals surface area contributed by atoms with Crippen LogP contribution in [-0.2, 0) is 11.3 Å². The number of aryl methyl sites for hydroxylation is 4. The van der Waals surface area contributed by atoms with Crippen LogP contribution in [0.4, 0.5) is 0 Å². The molecule has 0 aliphatic heterocycles. The number of aliphatic carboxylic acids is 1. The Morgan fingerprint density at radius 1 is 1.07 bits per heavy atom. The fourth-order valence-corrected chi connectivity index (χ4v) is 3.30. The number of hydrogen-bond donors (Lipinski definition) is 1. The molecule has 3 rings (SSSR count). The Hall–Kier alpha value is -3.35. The fraction of sp³-hybridized carbons (Fsp3) is 0.348. The molecule has 1 heterocycles. The van der Waals surface area contributed by atoms with Gasteiger partial charge in [-0.15, -0.1) is 0 Å². The third-order valence-electron chi connectivity index (χ3n) is 5.06. The van der Waals surface area contributed by atoms with E-state index in [4.69, 9.17) is 4.74 Å².